The molecular formula is C20H18N2O2. The first kappa shape index (κ1) is 15.9. The van der Waals surface area contributed by atoms with E-state index < -0.39 is 6.10 Å². The number of aliphatic hydroxyl groups excluding tert-OH is 1. The molecule has 0 aliphatic rings. The van der Waals surface area contributed by atoms with E-state index in [9.17, 15) is 9.90 Å². The summed E-state index contributed by atoms with van der Waals surface area (Å²) in [6.45, 7) is 1.67. The Morgan fingerprint density at radius 1 is 1.12 bits per heavy atom. The molecule has 1 unspecified atom stereocenters. The summed E-state index contributed by atoms with van der Waals surface area (Å²) >= 11 is 0. The minimum Gasteiger partial charge on any atom is -0.389 e. The molecule has 0 aliphatic carbocycles. The molecular weight excluding hydrogens is 300 g/mol. The van der Waals surface area contributed by atoms with Crippen LogP contribution in [0.3, 0.4) is 0 Å². The lowest BCUT2D eigenvalue weighted by atomic mass is 10.1. The smallest absolute Gasteiger partial charge is 0.248 e. The van der Waals surface area contributed by atoms with Gasteiger partial charge in [-0.2, -0.15) is 0 Å². The molecule has 0 spiro atoms. The van der Waals surface area contributed by atoms with Gasteiger partial charge in [-0.05, 0) is 36.8 Å². The quantitative estimate of drug-likeness (QED) is 0.716. The van der Waals surface area contributed by atoms with Crippen LogP contribution in [0.15, 0.2) is 66.9 Å². The molecule has 0 fully saturated rings. The molecule has 120 valence electrons. The minimum absolute atomic E-state index is 0.246. The van der Waals surface area contributed by atoms with Gasteiger partial charge in [-0.1, -0.05) is 36.4 Å². The molecule has 0 saturated carbocycles. The average Bonchev–Trinajstić information content (AvgIpc) is 2.60. The summed E-state index contributed by atoms with van der Waals surface area (Å²) in [5.74, 6) is -0.246. The normalized spacial score (nSPS) is 12.4. The molecule has 2 N–H and O–H groups in total. The number of carbonyl (C=O) groups is 1. The van der Waals surface area contributed by atoms with Crippen molar-refractivity contribution in [3.8, 4) is 0 Å². The maximum absolute atomic E-state index is 12.2. The number of fused-ring (bicyclic) bond motifs is 1. The van der Waals surface area contributed by atoms with Crippen molar-refractivity contribution in [1.29, 1.82) is 0 Å². The largest absolute Gasteiger partial charge is 0.389 e. The van der Waals surface area contributed by atoms with Crippen LogP contribution in [0.2, 0.25) is 0 Å². The third-order valence-electron chi connectivity index (χ3n) is 3.77. The molecule has 0 bridgehead atoms. The molecule has 1 heterocycles. The highest BCUT2D eigenvalue weighted by Gasteiger charge is 2.08. The fraction of sp³-hybridized carbons (Fsp3) is 0.100. The zero-order valence-electron chi connectivity index (χ0n) is 13.3. The van der Waals surface area contributed by atoms with Gasteiger partial charge in [0.2, 0.25) is 5.91 Å². The van der Waals surface area contributed by atoms with Crippen molar-refractivity contribution in [3.05, 3.63) is 78.0 Å². The highest BCUT2D eigenvalue weighted by molar-refractivity contribution is 6.03. The summed E-state index contributed by atoms with van der Waals surface area (Å²) < 4.78 is 0. The number of hydrogen-bond donors (Lipinski definition) is 2. The van der Waals surface area contributed by atoms with Gasteiger partial charge in [0.25, 0.3) is 0 Å². The number of aromatic nitrogens is 1. The zero-order valence-corrected chi connectivity index (χ0v) is 13.3. The van der Waals surface area contributed by atoms with Crippen LogP contribution in [0.5, 0.6) is 0 Å². The number of nitrogens with zero attached hydrogens (tertiary/aromatic N) is 1. The van der Waals surface area contributed by atoms with E-state index in [1.165, 1.54) is 6.08 Å². The second-order valence-corrected chi connectivity index (χ2v) is 5.50. The van der Waals surface area contributed by atoms with E-state index in [1.54, 1.807) is 31.3 Å². The zero-order chi connectivity index (χ0) is 16.9. The van der Waals surface area contributed by atoms with Gasteiger partial charge in [0.05, 0.1) is 11.6 Å². The SMILES string of the molecule is CC(O)c1ccccc1NC(=O)/C=C/c1ccnc2ccccc12. The molecule has 2 aromatic carbocycles. The standard InChI is InChI=1S/C20H18N2O2/c1-14(23)16-6-2-5-9-19(16)22-20(24)11-10-15-12-13-21-18-8-4-3-7-17(15)18/h2-14,23H,1H3,(H,22,24)/b11-10+. The van der Waals surface area contributed by atoms with Crippen LogP contribution in [0.4, 0.5) is 5.69 Å². The summed E-state index contributed by atoms with van der Waals surface area (Å²) in [7, 11) is 0. The predicted octanol–water partition coefficient (Wildman–Crippen LogP) is 3.94. The lowest BCUT2D eigenvalue weighted by Gasteiger charge is -2.11. The molecule has 3 aromatic rings. The molecule has 4 heteroatoms. The van der Waals surface area contributed by atoms with Gasteiger partial charge in [-0.25, -0.2) is 0 Å². The minimum atomic E-state index is -0.644. The van der Waals surface area contributed by atoms with Crippen LogP contribution >= 0.6 is 0 Å². The summed E-state index contributed by atoms with van der Waals surface area (Å²) in [4.78, 5) is 16.5. The maximum Gasteiger partial charge on any atom is 0.248 e. The van der Waals surface area contributed by atoms with Crippen LogP contribution in [0.25, 0.3) is 17.0 Å². The number of anilines is 1. The van der Waals surface area contributed by atoms with Gasteiger partial charge >= 0.3 is 0 Å². The molecule has 4 nitrogen and oxygen atoms in total. The van der Waals surface area contributed by atoms with Crippen molar-refractivity contribution in [3.63, 3.8) is 0 Å². The number of carbonyl (C=O) groups excluding carboxylic acids is 1. The van der Waals surface area contributed by atoms with Gasteiger partial charge in [0.1, 0.15) is 0 Å². The van der Waals surface area contributed by atoms with Crippen molar-refractivity contribution in [2.75, 3.05) is 5.32 Å². The van der Waals surface area contributed by atoms with Gasteiger partial charge in [0.15, 0.2) is 0 Å². The third kappa shape index (κ3) is 3.50. The van der Waals surface area contributed by atoms with E-state index in [4.69, 9.17) is 0 Å². The van der Waals surface area contributed by atoms with E-state index in [0.717, 1.165) is 16.5 Å². The van der Waals surface area contributed by atoms with Crippen LogP contribution in [-0.2, 0) is 4.79 Å². The Labute approximate surface area is 140 Å². The fourth-order valence-electron chi connectivity index (χ4n) is 2.58. The number of aliphatic hydroxyl groups is 1. The number of para-hydroxylation sites is 2. The van der Waals surface area contributed by atoms with Gasteiger partial charge in [0, 0.05) is 28.9 Å². The van der Waals surface area contributed by atoms with E-state index in [2.05, 4.69) is 10.3 Å². The lowest BCUT2D eigenvalue weighted by molar-refractivity contribution is -0.111. The summed E-state index contributed by atoms with van der Waals surface area (Å²) in [6, 6.07) is 16.9. The molecule has 1 atom stereocenters. The summed E-state index contributed by atoms with van der Waals surface area (Å²) in [6.07, 6.45) is 4.34. The molecule has 0 saturated heterocycles. The Balaban J connectivity index is 1.81. The Morgan fingerprint density at radius 2 is 1.88 bits per heavy atom. The van der Waals surface area contributed by atoms with Crippen molar-refractivity contribution in [2.24, 2.45) is 0 Å². The number of hydrogen-bond acceptors (Lipinski definition) is 3. The number of nitrogens with one attached hydrogen (secondary N) is 1. The second-order valence-electron chi connectivity index (χ2n) is 5.50. The Bertz CT molecular complexity index is 896. The van der Waals surface area contributed by atoms with Crippen LogP contribution in [-0.4, -0.2) is 16.0 Å². The number of rotatable bonds is 4. The fourth-order valence-corrected chi connectivity index (χ4v) is 2.58. The average molecular weight is 318 g/mol. The first-order valence-electron chi connectivity index (χ1n) is 7.75. The Morgan fingerprint density at radius 3 is 2.71 bits per heavy atom. The second kappa shape index (κ2) is 7.06. The van der Waals surface area contributed by atoms with E-state index >= 15 is 0 Å². The maximum atomic E-state index is 12.2. The molecule has 1 amide bonds. The molecule has 1 aromatic heterocycles. The number of benzene rings is 2. The summed E-state index contributed by atoms with van der Waals surface area (Å²) in [5.41, 5.74) is 3.12. The van der Waals surface area contributed by atoms with Crippen molar-refractivity contribution in [1.82, 2.24) is 4.98 Å². The van der Waals surface area contributed by atoms with Gasteiger partial charge < -0.3 is 10.4 Å². The van der Waals surface area contributed by atoms with Crippen LogP contribution < -0.4 is 5.32 Å². The van der Waals surface area contributed by atoms with Gasteiger partial charge in [-0.15, -0.1) is 0 Å². The topological polar surface area (TPSA) is 62.2 Å². The van der Waals surface area contributed by atoms with Gasteiger partial charge in [-0.3, -0.25) is 9.78 Å². The lowest BCUT2D eigenvalue weighted by Crippen LogP contribution is -2.10. The van der Waals surface area contributed by atoms with Crippen molar-refractivity contribution in [2.45, 2.75) is 13.0 Å². The highest BCUT2D eigenvalue weighted by Crippen LogP contribution is 2.22. The van der Waals surface area contributed by atoms with Crippen molar-refractivity contribution >= 4 is 28.6 Å². The highest BCUT2D eigenvalue weighted by atomic mass is 16.3. The first-order chi connectivity index (χ1) is 11.6. The first-order valence-corrected chi connectivity index (χ1v) is 7.75. The third-order valence-corrected chi connectivity index (χ3v) is 3.77. The molecule has 0 aliphatic heterocycles. The van der Waals surface area contributed by atoms with E-state index in [1.807, 2.05) is 42.5 Å². The Kier molecular flexibility index (Phi) is 4.68. The number of amides is 1. The Hall–Kier alpha value is -2.98. The molecule has 24 heavy (non-hydrogen) atoms. The summed E-state index contributed by atoms with van der Waals surface area (Å²) in [5, 5.41) is 13.6. The van der Waals surface area contributed by atoms with E-state index in [-0.39, 0.29) is 5.91 Å². The van der Waals surface area contributed by atoms with Crippen LogP contribution in [0.1, 0.15) is 24.2 Å². The van der Waals surface area contributed by atoms with Crippen LogP contribution in [0, 0.1) is 0 Å². The predicted molar refractivity (Wildman–Crippen MR) is 96.5 cm³/mol. The molecule has 0 radical (unpaired) electrons. The molecule has 3 rings (SSSR count). The van der Waals surface area contributed by atoms with E-state index in [0.29, 0.717) is 11.3 Å². The van der Waals surface area contributed by atoms with Crippen molar-refractivity contribution < 1.29 is 9.90 Å². The number of pyridine rings is 1. The monoisotopic (exact) mass is 318 g/mol.